The monoisotopic (exact) mass is 246 g/mol. The van der Waals surface area contributed by atoms with Crippen molar-refractivity contribution in [1.29, 1.82) is 0 Å². The van der Waals surface area contributed by atoms with Gasteiger partial charge in [-0.3, -0.25) is 0 Å². The van der Waals surface area contributed by atoms with Gasteiger partial charge in [0.1, 0.15) is 5.82 Å². The summed E-state index contributed by atoms with van der Waals surface area (Å²) in [6.07, 6.45) is 4.88. The molecule has 1 saturated carbocycles. The van der Waals surface area contributed by atoms with Crippen molar-refractivity contribution in [2.75, 3.05) is 5.73 Å². The Balaban J connectivity index is 2.00. The van der Waals surface area contributed by atoms with Crippen molar-refractivity contribution < 1.29 is 0 Å². The van der Waals surface area contributed by atoms with Crippen molar-refractivity contribution in [2.24, 2.45) is 0 Å². The summed E-state index contributed by atoms with van der Waals surface area (Å²) in [5.74, 6) is 2.39. The molecule has 0 atom stereocenters. The van der Waals surface area contributed by atoms with Crippen LogP contribution in [0.15, 0.2) is 16.8 Å². The van der Waals surface area contributed by atoms with Crippen LogP contribution in [0.5, 0.6) is 0 Å². The molecule has 88 valence electrons. The minimum Gasteiger partial charge on any atom is -0.368 e. The third-order valence-electron chi connectivity index (χ3n) is 3.17. The second-order valence-corrected chi connectivity index (χ2v) is 5.15. The molecule has 0 saturated heterocycles. The van der Waals surface area contributed by atoms with Crippen molar-refractivity contribution in [3.63, 3.8) is 0 Å². The second kappa shape index (κ2) is 4.41. The zero-order chi connectivity index (χ0) is 11.7. The molecule has 0 amide bonds. The predicted molar refractivity (Wildman–Crippen MR) is 68.8 cm³/mol. The average molecular weight is 246 g/mol. The maximum absolute atomic E-state index is 5.77. The third kappa shape index (κ3) is 2.15. The van der Waals surface area contributed by atoms with E-state index < -0.39 is 0 Å². The molecule has 5 heteroatoms. The van der Waals surface area contributed by atoms with Gasteiger partial charge in [0.2, 0.25) is 5.95 Å². The summed E-state index contributed by atoms with van der Waals surface area (Å²) in [5, 5.41) is 4.05. The van der Waals surface area contributed by atoms with Gasteiger partial charge in [-0.15, -0.1) is 0 Å². The normalized spacial score (nSPS) is 16.5. The van der Waals surface area contributed by atoms with Gasteiger partial charge in [-0.05, 0) is 24.3 Å². The van der Waals surface area contributed by atoms with E-state index in [0.717, 1.165) is 11.4 Å². The molecule has 17 heavy (non-hydrogen) atoms. The van der Waals surface area contributed by atoms with Crippen molar-refractivity contribution in [1.82, 2.24) is 15.0 Å². The number of rotatable bonds is 2. The van der Waals surface area contributed by atoms with Crippen molar-refractivity contribution in [3.8, 4) is 11.4 Å². The lowest BCUT2D eigenvalue weighted by Gasteiger charge is -2.08. The first-order valence-corrected chi connectivity index (χ1v) is 6.81. The van der Waals surface area contributed by atoms with E-state index in [4.69, 9.17) is 5.73 Å². The maximum Gasteiger partial charge on any atom is 0.223 e. The number of nitrogen functional groups attached to an aromatic ring is 1. The zero-order valence-electron chi connectivity index (χ0n) is 9.47. The van der Waals surface area contributed by atoms with Crippen molar-refractivity contribution in [2.45, 2.75) is 31.6 Å². The fourth-order valence-corrected chi connectivity index (χ4v) is 2.93. The molecule has 0 bridgehead atoms. The Hall–Kier alpha value is -1.49. The van der Waals surface area contributed by atoms with Crippen molar-refractivity contribution in [3.05, 3.63) is 22.7 Å². The molecule has 1 aliphatic carbocycles. The van der Waals surface area contributed by atoms with E-state index >= 15 is 0 Å². The Labute approximate surface area is 104 Å². The third-order valence-corrected chi connectivity index (χ3v) is 3.85. The number of aromatic nitrogens is 3. The predicted octanol–water partition coefficient (Wildman–Crippen LogP) is 2.84. The van der Waals surface area contributed by atoms with Crippen LogP contribution in [0.25, 0.3) is 11.4 Å². The first kappa shape index (κ1) is 10.7. The van der Waals surface area contributed by atoms with Gasteiger partial charge in [0.05, 0.1) is 0 Å². The molecule has 0 aliphatic heterocycles. The molecule has 1 fully saturated rings. The fraction of sp³-hybridized carbons (Fsp3) is 0.417. The number of hydrogen-bond donors (Lipinski definition) is 1. The fourth-order valence-electron chi connectivity index (χ4n) is 2.30. The highest BCUT2D eigenvalue weighted by Gasteiger charge is 2.21. The van der Waals surface area contributed by atoms with Gasteiger partial charge in [0.15, 0.2) is 5.82 Å². The lowest BCUT2D eigenvalue weighted by molar-refractivity contribution is 0.665. The standard InChI is InChI=1S/C12H14N4S/c13-12-15-10(8-3-1-2-4-8)14-11(16-12)9-5-6-17-7-9/h5-8H,1-4H2,(H2,13,14,15,16). The Morgan fingerprint density at radius 3 is 2.71 bits per heavy atom. The molecule has 0 unspecified atom stereocenters. The molecule has 2 N–H and O–H groups in total. The highest BCUT2D eigenvalue weighted by Crippen LogP contribution is 2.33. The Bertz CT molecular complexity index is 503. The lowest BCUT2D eigenvalue weighted by atomic mass is 10.1. The summed E-state index contributed by atoms with van der Waals surface area (Å²) in [5.41, 5.74) is 6.81. The minimum atomic E-state index is 0.336. The average Bonchev–Trinajstić information content (AvgIpc) is 3.02. The van der Waals surface area contributed by atoms with Gasteiger partial charge < -0.3 is 5.73 Å². The molecule has 0 aromatic carbocycles. The zero-order valence-corrected chi connectivity index (χ0v) is 10.3. The van der Waals surface area contributed by atoms with E-state index in [9.17, 15) is 0 Å². The van der Waals surface area contributed by atoms with Gasteiger partial charge in [0.25, 0.3) is 0 Å². The van der Waals surface area contributed by atoms with Gasteiger partial charge >= 0.3 is 0 Å². The van der Waals surface area contributed by atoms with E-state index in [2.05, 4.69) is 15.0 Å². The molecule has 4 nitrogen and oxygen atoms in total. The van der Waals surface area contributed by atoms with E-state index in [0.29, 0.717) is 17.7 Å². The summed E-state index contributed by atoms with van der Waals surface area (Å²) in [4.78, 5) is 13.1. The molecular weight excluding hydrogens is 232 g/mol. The van der Waals surface area contributed by atoms with Crippen LogP contribution in [0.1, 0.15) is 37.4 Å². The van der Waals surface area contributed by atoms with Crippen LogP contribution in [0.3, 0.4) is 0 Å². The largest absolute Gasteiger partial charge is 0.368 e. The Kier molecular flexibility index (Phi) is 2.76. The van der Waals surface area contributed by atoms with Gasteiger partial charge in [-0.1, -0.05) is 12.8 Å². The summed E-state index contributed by atoms with van der Waals surface area (Å²) in [6, 6.07) is 2.01. The summed E-state index contributed by atoms with van der Waals surface area (Å²) in [7, 11) is 0. The topological polar surface area (TPSA) is 64.7 Å². The summed E-state index contributed by atoms with van der Waals surface area (Å²) >= 11 is 1.64. The van der Waals surface area contributed by atoms with Crippen LogP contribution in [0, 0.1) is 0 Å². The molecule has 2 aromatic rings. The first-order chi connectivity index (χ1) is 8.33. The van der Waals surface area contributed by atoms with Crippen LogP contribution in [0.2, 0.25) is 0 Å². The smallest absolute Gasteiger partial charge is 0.223 e. The lowest BCUT2D eigenvalue weighted by Crippen LogP contribution is -2.07. The van der Waals surface area contributed by atoms with Gasteiger partial charge in [-0.25, -0.2) is 4.98 Å². The second-order valence-electron chi connectivity index (χ2n) is 4.37. The molecule has 2 heterocycles. The Morgan fingerprint density at radius 1 is 1.18 bits per heavy atom. The molecule has 0 spiro atoms. The molecule has 0 radical (unpaired) electrons. The van der Waals surface area contributed by atoms with E-state index in [1.807, 2.05) is 16.8 Å². The molecule has 2 aromatic heterocycles. The highest BCUT2D eigenvalue weighted by molar-refractivity contribution is 7.08. The van der Waals surface area contributed by atoms with Crippen LogP contribution in [-0.2, 0) is 0 Å². The summed E-state index contributed by atoms with van der Waals surface area (Å²) < 4.78 is 0. The molecular formula is C12H14N4S. The SMILES string of the molecule is Nc1nc(-c2ccsc2)nc(C2CCCC2)n1. The highest BCUT2D eigenvalue weighted by atomic mass is 32.1. The number of anilines is 1. The van der Waals surface area contributed by atoms with Crippen LogP contribution in [-0.4, -0.2) is 15.0 Å². The number of nitrogens with two attached hydrogens (primary N) is 1. The van der Waals surface area contributed by atoms with Crippen LogP contribution >= 0.6 is 11.3 Å². The first-order valence-electron chi connectivity index (χ1n) is 5.87. The van der Waals surface area contributed by atoms with E-state index in [1.165, 1.54) is 25.7 Å². The van der Waals surface area contributed by atoms with Gasteiger partial charge in [0, 0.05) is 16.9 Å². The number of thiophene rings is 1. The number of nitrogens with zero attached hydrogens (tertiary/aromatic N) is 3. The molecule has 1 aliphatic rings. The quantitative estimate of drug-likeness (QED) is 0.885. The van der Waals surface area contributed by atoms with Gasteiger partial charge in [-0.2, -0.15) is 21.3 Å². The van der Waals surface area contributed by atoms with Crippen LogP contribution < -0.4 is 5.73 Å². The van der Waals surface area contributed by atoms with E-state index in [-0.39, 0.29) is 0 Å². The molecule has 3 rings (SSSR count). The minimum absolute atomic E-state index is 0.336. The van der Waals surface area contributed by atoms with Crippen molar-refractivity contribution >= 4 is 17.3 Å². The maximum atomic E-state index is 5.77. The number of hydrogen-bond acceptors (Lipinski definition) is 5. The van der Waals surface area contributed by atoms with Crippen LogP contribution in [0.4, 0.5) is 5.95 Å². The Morgan fingerprint density at radius 2 is 2.00 bits per heavy atom. The summed E-state index contributed by atoms with van der Waals surface area (Å²) in [6.45, 7) is 0. The van der Waals surface area contributed by atoms with E-state index in [1.54, 1.807) is 11.3 Å².